The van der Waals surface area contributed by atoms with E-state index in [1.807, 2.05) is 30.3 Å². The Bertz CT molecular complexity index is 1140. The molecule has 1 aromatic heterocycles. The van der Waals surface area contributed by atoms with Crippen LogP contribution >= 0.6 is 11.6 Å². The van der Waals surface area contributed by atoms with E-state index in [1.165, 1.54) is 0 Å². The molecule has 3 heterocycles. The zero-order valence-electron chi connectivity index (χ0n) is 19.5. The molecule has 2 saturated heterocycles. The Morgan fingerprint density at radius 2 is 1.63 bits per heavy atom. The van der Waals surface area contributed by atoms with Gasteiger partial charge in [-0.1, -0.05) is 11.6 Å². The van der Waals surface area contributed by atoms with Gasteiger partial charge in [-0.3, -0.25) is 4.79 Å². The zero-order valence-corrected chi connectivity index (χ0v) is 20.3. The molecule has 0 saturated carbocycles. The molecule has 0 unspecified atom stereocenters. The first kappa shape index (κ1) is 23.7. The number of aryl methyl sites for hydroxylation is 1. The maximum atomic E-state index is 12.9. The largest absolute Gasteiger partial charge is 0.441 e. The fourth-order valence-electron chi connectivity index (χ4n) is 4.32. The molecular weight excluding hydrogens is 468 g/mol. The Hall–Kier alpha value is -3.07. The van der Waals surface area contributed by atoms with Gasteiger partial charge in [0.15, 0.2) is 11.7 Å². The number of benzene rings is 2. The van der Waals surface area contributed by atoms with Gasteiger partial charge in [0.25, 0.3) is 0 Å². The SMILES string of the molecule is O=C(CCc1ncc(-c2ccc(Cl)cc2)o1)Nc1ccc(N2CCOCC2)cc1N1CCOCC1. The summed E-state index contributed by atoms with van der Waals surface area (Å²) in [5.74, 6) is 1.11. The van der Waals surface area contributed by atoms with Crippen molar-refractivity contribution in [1.29, 1.82) is 0 Å². The molecule has 2 aliphatic heterocycles. The molecule has 0 aliphatic carbocycles. The highest BCUT2D eigenvalue weighted by atomic mass is 35.5. The van der Waals surface area contributed by atoms with Gasteiger partial charge in [0, 0.05) is 55.3 Å². The number of amides is 1. The minimum atomic E-state index is -0.0788. The van der Waals surface area contributed by atoms with Gasteiger partial charge in [0.2, 0.25) is 5.91 Å². The lowest BCUT2D eigenvalue weighted by molar-refractivity contribution is -0.116. The Kier molecular flexibility index (Phi) is 7.51. The third kappa shape index (κ3) is 5.96. The molecular formula is C26H29ClN4O4. The lowest BCUT2D eigenvalue weighted by Crippen LogP contribution is -2.38. The molecule has 0 atom stereocenters. The molecule has 2 aliphatic rings. The van der Waals surface area contributed by atoms with Gasteiger partial charge in [0.1, 0.15) is 0 Å². The summed E-state index contributed by atoms with van der Waals surface area (Å²) >= 11 is 5.96. The molecule has 0 spiro atoms. The minimum Gasteiger partial charge on any atom is -0.441 e. The number of hydrogen-bond acceptors (Lipinski definition) is 7. The summed E-state index contributed by atoms with van der Waals surface area (Å²) in [6, 6.07) is 13.6. The van der Waals surface area contributed by atoms with Crippen molar-refractivity contribution in [2.24, 2.45) is 0 Å². The van der Waals surface area contributed by atoms with Crippen LogP contribution in [0, 0.1) is 0 Å². The van der Waals surface area contributed by atoms with Crippen LogP contribution in [0.1, 0.15) is 12.3 Å². The van der Waals surface area contributed by atoms with Gasteiger partial charge in [-0.15, -0.1) is 0 Å². The molecule has 0 bridgehead atoms. The smallest absolute Gasteiger partial charge is 0.224 e. The number of morpholine rings is 2. The van der Waals surface area contributed by atoms with E-state index in [9.17, 15) is 4.79 Å². The van der Waals surface area contributed by atoms with Crippen molar-refractivity contribution in [2.75, 3.05) is 67.7 Å². The summed E-state index contributed by atoms with van der Waals surface area (Å²) in [7, 11) is 0. The van der Waals surface area contributed by atoms with Gasteiger partial charge < -0.3 is 29.0 Å². The quantitative estimate of drug-likeness (QED) is 0.524. The predicted octanol–water partition coefficient (Wildman–Crippen LogP) is 4.24. The molecule has 1 amide bonds. The van der Waals surface area contributed by atoms with Crippen LogP contribution in [0.15, 0.2) is 53.1 Å². The van der Waals surface area contributed by atoms with Crippen LogP contribution in [-0.4, -0.2) is 63.5 Å². The summed E-state index contributed by atoms with van der Waals surface area (Å²) in [6.45, 7) is 6.12. The topological polar surface area (TPSA) is 80.1 Å². The van der Waals surface area contributed by atoms with Gasteiger partial charge in [-0.05, 0) is 42.5 Å². The number of aromatic nitrogens is 1. The van der Waals surface area contributed by atoms with Crippen molar-refractivity contribution in [3.05, 3.63) is 59.6 Å². The monoisotopic (exact) mass is 496 g/mol. The molecule has 9 heteroatoms. The first-order valence-corrected chi connectivity index (χ1v) is 12.3. The molecule has 0 radical (unpaired) electrons. The van der Waals surface area contributed by atoms with E-state index in [0.717, 1.165) is 62.0 Å². The number of nitrogens with one attached hydrogen (secondary N) is 1. The molecule has 5 rings (SSSR count). The molecule has 184 valence electrons. The number of rotatable bonds is 7. The number of anilines is 3. The van der Waals surface area contributed by atoms with Crippen molar-refractivity contribution in [1.82, 2.24) is 4.98 Å². The van der Waals surface area contributed by atoms with E-state index in [-0.39, 0.29) is 12.3 Å². The van der Waals surface area contributed by atoms with Crippen LogP contribution in [0.2, 0.25) is 5.02 Å². The molecule has 35 heavy (non-hydrogen) atoms. The van der Waals surface area contributed by atoms with E-state index in [4.69, 9.17) is 25.5 Å². The van der Waals surface area contributed by atoms with Crippen molar-refractivity contribution in [3.8, 4) is 11.3 Å². The molecule has 8 nitrogen and oxygen atoms in total. The zero-order chi connectivity index (χ0) is 24.0. The molecule has 3 aromatic rings. The van der Waals surface area contributed by atoms with E-state index in [1.54, 1.807) is 6.20 Å². The van der Waals surface area contributed by atoms with Crippen LogP contribution in [0.5, 0.6) is 0 Å². The van der Waals surface area contributed by atoms with Crippen LogP contribution in [0.25, 0.3) is 11.3 Å². The van der Waals surface area contributed by atoms with E-state index in [0.29, 0.717) is 36.3 Å². The first-order valence-electron chi connectivity index (χ1n) is 12.0. The second-order valence-electron chi connectivity index (χ2n) is 8.57. The average Bonchev–Trinajstić information content (AvgIpc) is 3.38. The predicted molar refractivity (Wildman–Crippen MR) is 136 cm³/mol. The van der Waals surface area contributed by atoms with Gasteiger partial charge in [-0.2, -0.15) is 0 Å². The molecule has 2 fully saturated rings. The van der Waals surface area contributed by atoms with E-state index < -0.39 is 0 Å². The van der Waals surface area contributed by atoms with Crippen LogP contribution in [0.3, 0.4) is 0 Å². The number of hydrogen-bond donors (Lipinski definition) is 1. The first-order chi connectivity index (χ1) is 17.2. The summed E-state index contributed by atoms with van der Waals surface area (Å²) < 4.78 is 16.9. The fraction of sp³-hybridized carbons (Fsp3) is 0.385. The lowest BCUT2D eigenvalue weighted by Gasteiger charge is -2.33. The van der Waals surface area contributed by atoms with E-state index in [2.05, 4.69) is 32.2 Å². The third-order valence-electron chi connectivity index (χ3n) is 6.23. The Morgan fingerprint density at radius 1 is 0.943 bits per heavy atom. The number of carbonyl (C=O) groups excluding carboxylic acids is 1. The van der Waals surface area contributed by atoms with Crippen molar-refractivity contribution >= 4 is 34.6 Å². The summed E-state index contributed by atoms with van der Waals surface area (Å²) in [4.78, 5) is 21.8. The molecule has 1 N–H and O–H groups in total. The fourth-order valence-corrected chi connectivity index (χ4v) is 4.44. The second kappa shape index (κ2) is 11.1. The Labute approximate surface area is 209 Å². The third-order valence-corrected chi connectivity index (χ3v) is 6.48. The van der Waals surface area contributed by atoms with Gasteiger partial charge in [0.05, 0.1) is 44.0 Å². The highest BCUT2D eigenvalue weighted by Crippen LogP contribution is 2.32. The summed E-state index contributed by atoms with van der Waals surface area (Å²) in [5.41, 5.74) is 3.87. The Morgan fingerprint density at radius 3 is 2.34 bits per heavy atom. The number of ether oxygens (including phenoxy) is 2. The standard InChI is InChI=1S/C26H29ClN4O4/c27-20-3-1-19(2-4-20)24-18-28-26(35-24)8-7-25(32)29-22-6-5-21(30-9-13-33-14-10-30)17-23(22)31-11-15-34-16-12-31/h1-6,17-18H,7-16H2,(H,29,32). The second-order valence-corrected chi connectivity index (χ2v) is 9.01. The number of oxazole rings is 1. The normalized spacial score (nSPS) is 16.4. The van der Waals surface area contributed by atoms with Gasteiger partial charge >= 0.3 is 0 Å². The number of nitrogens with zero attached hydrogens (tertiary/aromatic N) is 3. The van der Waals surface area contributed by atoms with E-state index >= 15 is 0 Å². The van der Waals surface area contributed by atoms with Crippen LogP contribution < -0.4 is 15.1 Å². The van der Waals surface area contributed by atoms with Crippen molar-refractivity contribution < 1.29 is 18.7 Å². The summed E-state index contributed by atoms with van der Waals surface area (Å²) in [5, 5.41) is 3.77. The maximum absolute atomic E-state index is 12.9. The highest BCUT2D eigenvalue weighted by molar-refractivity contribution is 6.30. The minimum absolute atomic E-state index is 0.0788. The molecule has 2 aromatic carbocycles. The Balaban J connectivity index is 1.25. The highest BCUT2D eigenvalue weighted by Gasteiger charge is 2.20. The van der Waals surface area contributed by atoms with Crippen molar-refractivity contribution in [2.45, 2.75) is 12.8 Å². The van der Waals surface area contributed by atoms with Crippen molar-refractivity contribution in [3.63, 3.8) is 0 Å². The average molecular weight is 497 g/mol. The maximum Gasteiger partial charge on any atom is 0.224 e. The van der Waals surface area contributed by atoms with Crippen LogP contribution in [-0.2, 0) is 20.7 Å². The lowest BCUT2D eigenvalue weighted by atomic mass is 10.1. The van der Waals surface area contributed by atoms with Crippen LogP contribution in [0.4, 0.5) is 17.1 Å². The number of carbonyl (C=O) groups is 1. The van der Waals surface area contributed by atoms with Gasteiger partial charge in [-0.25, -0.2) is 4.98 Å². The number of halogens is 1. The summed E-state index contributed by atoms with van der Waals surface area (Å²) in [6.07, 6.45) is 2.36.